The summed E-state index contributed by atoms with van der Waals surface area (Å²) >= 11 is 0. The van der Waals surface area contributed by atoms with Crippen LogP contribution in [0.2, 0.25) is 0 Å². The van der Waals surface area contributed by atoms with Crippen molar-refractivity contribution in [2.45, 2.75) is 13.1 Å². The highest BCUT2D eigenvalue weighted by Gasteiger charge is 2.29. The van der Waals surface area contributed by atoms with E-state index in [1.807, 2.05) is 24.3 Å². The number of anilines is 4. The van der Waals surface area contributed by atoms with E-state index >= 15 is 0 Å². The fourth-order valence-corrected chi connectivity index (χ4v) is 2.41. The van der Waals surface area contributed by atoms with Crippen LogP contribution in [0.1, 0.15) is 11.3 Å². The van der Waals surface area contributed by atoms with Crippen molar-refractivity contribution in [3.8, 4) is 5.75 Å². The summed E-state index contributed by atoms with van der Waals surface area (Å²) in [6.45, 7) is 1.80. The summed E-state index contributed by atoms with van der Waals surface area (Å²) in [7, 11) is 1.58. The highest BCUT2D eigenvalue weighted by Crippen LogP contribution is 2.30. The molecular weight excluding hydrogens is 357 g/mol. The van der Waals surface area contributed by atoms with Crippen LogP contribution < -0.4 is 15.4 Å². The standard InChI is InChI=1S/C19H17F3N4O/c1-12-10-17(24-15-4-3-5-16(11-15)27-2)26-18(23-12)25-14-8-6-13(7-9-14)19(20,21)22/h3-11H,1-2H3,(H2,23,24,25,26). The number of nitrogens with one attached hydrogen (secondary N) is 2. The first kappa shape index (κ1) is 18.5. The van der Waals surface area contributed by atoms with Gasteiger partial charge < -0.3 is 15.4 Å². The zero-order chi connectivity index (χ0) is 19.4. The van der Waals surface area contributed by atoms with Crippen molar-refractivity contribution < 1.29 is 17.9 Å². The van der Waals surface area contributed by atoms with Gasteiger partial charge in [0.2, 0.25) is 5.95 Å². The highest BCUT2D eigenvalue weighted by atomic mass is 19.4. The average molecular weight is 374 g/mol. The first-order valence-electron chi connectivity index (χ1n) is 8.04. The Hall–Kier alpha value is -3.29. The molecule has 8 heteroatoms. The number of benzene rings is 2. The number of aryl methyl sites for hydroxylation is 1. The maximum atomic E-state index is 12.7. The monoisotopic (exact) mass is 374 g/mol. The molecule has 0 aliphatic heterocycles. The van der Waals surface area contributed by atoms with E-state index in [2.05, 4.69) is 20.6 Å². The van der Waals surface area contributed by atoms with Crippen LogP contribution in [-0.4, -0.2) is 17.1 Å². The molecule has 0 unspecified atom stereocenters. The number of alkyl halides is 3. The van der Waals surface area contributed by atoms with Crippen molar-refractivity contribution in [2.24, 2.45) is 0 Å². The number of nitrogens with zero attached hydrogens (tertiary/aromatic N) is 2. The van der Waals surface area contributed by atoms with E-state index < -0.39 is 11.7 Å². The fourth-order valence-electron chi connectivity index (χ4n) is 2.41. The Kier molecular flexibility index (Phi) is 5.16. The Morgan fingerprint density at radius 1 is 0.889 bits per heavy atom. The molecule has 0 atom stereocenters. The molecule has 3 rings (SSSR count). The molecular formula is C19H17F3N4O. The molecule has 0 saturated heterocycles. The van der Waals surface area contributed by atoms with Gasteiger partial charge in [0.1, 0.15) is 11.6 Å². The average Bonchev–Trinajstić information content (AvgIpc) is 2.61. The van der Waals surface area contributed by atoms with E-state index in [4.69, 9.17) is 4.74 Å². The van der Waals surface area contributed by atoms with Crippen LogP contribution in [-0.2, 0) is 6.18 Å². The molecule has 0 aliphatic carbocycles. The van der Waals surface area contributed by atoms with Crippen LogP contribution >= 0.6 is 0 Å². The summed E-state index contributed by atoms with van der Waals surface area (Å²) in [6.07, 6.45) is -4.37. The summed E-state index contributed by atoms with van der Waals surface area (Å²) in [6, 6.07) is 13.8. The SMILES string of the molecule is COc1cccc(Nc2cc(C)nc(Nc3ccc(C(F)(F)F)cc3)n2)c1. The molecule has 140 valence electrons. The van der Waals surface area contributed by atoms with E-state index in [0.717, 1.165) is 17.8 Å². The third-order valence-corrected chi connectivity index (χ3v) is 3.66. The number of rotatable bonds is 5. The number of hydrogen-bond acceptors (Lipinski definition) is 5. The molecule has 5 nitrogen and oxygen atoms in total. The van der Waals surface area contributed by atoms with E-state index in [-0.39, 0.29) is 5.95 Å². The molecule has 1 heterocycles. The molecule has 1 aromatic heterocycles. The smallest absolute Gasteiger partial charge is 0.416 e. The van der Waals surface area contributed by atoms with Crippen molar-refractivity contribution >= 4 is 23.1 Å². The molecule has 0 radical (unpaired) electrons. The van der Waals surface area contributed by atoms with Gasteiger partial charge in [0, 0.05) is 29.2 Å². The van der Waals surface area contributed by atoms with Gasteiger partial charge in [-0.2, -0.15) is 18.2 Å². The van der Waals surface area contributed by atoms with Gasteiger partial charge in [-0.1, -0.05) is 6.07 Å². The third kappa shape index (κ3) is 4.87. The number of halogens is 3. The molecule has 0 spiro atoms. The van der Waals surface area contributed by atoms with Crippen LogP contribution in [0.3, 0.4) is 0 Å². The van der Waals surface area contributed by atoms with Crippen molar-refractivity contribution in [3.63, 3.8) is 0 Å². The van der Waals surface area contributed by atoms with E-state index in [1.165, 1.54) is 12.1 Å². The summed E-state index contributed by atoms with van der Waals surface area (Å²) in [5.41, 5.74) is 1.23. The zero-order valence-corrected chi connectivity index (χ0v) is 14.6. The Balaban J connectivity index is 1.78. The first-order chi connectivity index (χ1) is 12.8. The van der Waals surface area contributed by atoms with Gasteiger partial charge >= 0.3 is 6.18 Å². The Morgan fingerprint density at radius 2 is 1.63 bits per heavy atom. The maximum Gasteiger partial charge on any atom is 0.416 e. The molecule has 2 aromatic carbocycles. The number of hydrogen-bond donors (Lipinski definition) is 2. The Labute approximate surface area is 154 Å². The summed E-state index contributed by atoms with van der Waals surface area (Å²) in [5.74, 6) is 1.53. The zero-order valence-electron chi connectivity index (χ0n) is 14.6. The van der Waals surface area contributed by atoms with Crippen LogP contribution in [0.4, 0.5) is 36.3 Å². The number of ether oxygens (including phenoxy) is 1. The lowest BCUT2D eigenvalue weighted by Gasteiger charge is -2.11. The topological polar surface area (TPSA) is 59.1 Å². The van der Waals surface area contributed by atoms with Crippen LogP contribution in [0, 0.1) is 6.92 Å². The third-order valence-electron chi connectivity index (χ3n) is 3.66. The fraction of sp³-hybridized carbons (Fsp3) is 0.158. The molecule has 2 N–H and O–H groups in total. The normalized spacial score (nSPS) is 11.1. The van der Waals surface area contributed by atoms with Crippen LogP contribution in [0.15, 0.2) is 54.6 Å². The maximum absolute atomic E-state index is 12.7. The lowest BCUT2D eigenvalue weighted by Crippen LogP contribution is -2.05. The largest absolute Gasteiger partial charge is 0.497 e. The Morgan fingerprint density at radius 3 is 2.30 bits per heavy atom. The van der Waals surface area contributed by atoms with Crippen molar-refractivity contribution in [1.29, 1.82) is 0 Å². The van der Waals surface area contributed by atoms with E-state index in [1.54, 1.807) is 20.1 Å². The van der Waals surface area contributed by atoms with Gasteiger partial charge in [-0.3, -0.25) is 0 Å². The van der Waals surface area contributed by atoms with Gasteiger partial charge in [0.15, 0.2) is 0 Å². The molecule has 0 bridgehead atoms. The summed E-state index contributed by atoms with van der Waals surface area (Å²) in [4.78, 5) is 8.62. The van der Waals surface area contributed by atoms with Crippen LogP contribution in [0.5, 0.6) is 5.75 Å². The van der Waals surface area contributed by atoms with Gasteiger partial charge in [0.25, 0.3) is 0 Å². The second-order valence-electron chi connectivity index (χ2n) is 5.78. The highest BCUT2D eigenvalue weighted by molar-refractivity contribution is 5.61. The minimum Gasteiger partial charge on any atom is -0.497 e. The Bertz CT molecular complexity index is 927. The number of methoxy groups -OCH3 is 1. The quantitative estimate of drug-likeness (QED) is 0.635. The van der Waals surface area contributed by atoms with E-state index in [9.17, 15) is 13.2 Å². The minimum atomic E-state index is -4.37. The molecule has 0 aliphatic rings. The summed E-state index contributed by atoms with van der Waals surface area (Å²) < 4.78 is 43.1. The van der Waals surface area contributed by atoms with Crippen molar-refractivity contribution in [1.82, 2.24) is 9.97 Å². The summed E-state index contributed by atoms with van der Waals surface area (Å²) in [5, 5.41) is 6.07. The molecule has 3 aromatic rings. The van der Waals surface area contributed by atoms with Gasteiger partial charge in [-0.15, -0.1) is 0 Å². The van der Waals surface area contributed by atoms with Crippen molar-refractivity contribution in [3.05, 3.63) is 65.9 Å². The lowest BCUT2D eigenvalue weighted by atomic mass is 10.2. The predicted molar refractivity (Wildman–Crippen MR) is 97.8 cm³/mol. The van der Waals surface area contributed by atoms with Crippen molar-refractivity contribution in [2.75, 3.05) is 17.7 Å². The van der Waals surface area contributed by atoms with Gasteiger partial charge in [-0.25, -0.2) is 4.98 Å². The predicted octanol–water partition coefficient (Wildman–Crippen LogP) is 5.30. The molecule has 0 fully saturated rings. The molecule has 27 heavy (non-hydrogen) atoms. The second-order valence-corrected chi connectivity index (χ2v) is 5.78. The first-order valence-corrected chi connectivity index (χ1v) is 8.04. The van der Waals surface area contributed by atoms with E-state index in [0.29, 0.717) is 22.9 Å². The van der Waals surface area contributed by atoms with Gasteiger partial charge in [0.05, 0.1) is 12.7 Å². The minimum absolute atomic E-state index is 0.278. The molecule has 0 amide bonds. The van der Waals surface area contributed by atoms with Crippen LogP contribution in [0.25, 0.3) is 0 Å². The molecule has 0 saturated carbocycles. The lowest BCUT2D eigenvalue weighted by molar-refractivity contribution is -0.137. The van der Waals surface area contributed by atoms with Gasteiger partial charge in [-0.05, 0) is 43.3 Å². The number of aromatic nitrogens is 2. The second kappa shape index (κ2) is 7.53.